The van der Waals surface area contributed by atoms with Gasteiger partial charge in [-0.2, -0.15) is 13.9 Å². The average molecular weight is 680 g/mol. The fraction of sp³-hybridized carbons (Fsp3) is 0.636. The van der Waals surface area contributed by atoms with Gasteiger partial charge in [-0.05, 0) is 63.9 Å². The van der Waals surface area contributed by atoms with E-state index in [1.54, 1.807) is 18.3 Å². The Morgan fingerprint density at radius 2 is 1.59 bits per heavy atom. The van der Waals surface area contributed by atoms with Crippen molar-refractivity contribution >= 4 is 27.1 Å². The molecule has 0 unspecified atom stereocenters. The average Bonchev–Trinajstić information content (AvgIpc) is 3.68. The number of nitrogens with zero attached hydrogens (tertiary/aromatic N) is 3. The van der Waals surface area contributed by atoms with Gasteiger partial charge in [0.05, 0.1) is 41.1 Å². The first kappa shape index (κ1) is 36.3. The Morgan fingerprint density at radius 3 is 2.15 bits per heavy atom. The fourth-order valence-electron chi connectivity index (χ4n) is 4.73. The number of rotatable bonds is 17. The first-order valence-corrected chi connectivity index (χ1v) is 23.5. The maximum atomic E-state index is 14.1. The van der Waals surface area contributed by atoms with Crippen LogP contribution in [0.2, 0.25) is 51.4 Å². The van der Waals surface area contributed by atoms with E-state index in [-0.39, 0.29) is 43.2 Å². The molecule has 0 aliphatic heterocycles. The molecule has 13 heteroatoms. The SMILES string of the molecule is CC(C)(C)OCc1c(-c2ccc(OC(F)F)c(OC3CC3)c2)n(COCC[Si](C)(C)C)c2cnn(COCC[Si](C)(C)C)c(=O)c12. The van der Waals surface area contributed by atoms with Crippen LogP contribution in [0.15, 0.2) is 29.2 Å². The molecule has 1 saturated carbocycles. The van der Waals surface area contributed by atoms with Crippen molar-refractivity contribution in [2.75, 3.05) is 13.2 Å². The molecule has 0 amide bonds. The molecular formula is C33H51F2N3O6Si2. The van der Waals surface area contributed by atoms with Gasteiger partial charge in [-0.1, -0.05) is 39.3 Å². The van der Waals surface area contributed by atoms with Crippen molar-refractivity contribution in [1.29, 1.82) is 0 Å². The standard InChI is InChI=1S/C33H51F2N3O6Si2/c1-33(2,3)42-20-25-29-26(19-36-38(31(29)39)22-41-15-17-46(7,8)9)37(21-40-14-16-45(4,5)6)30(25)23-10-13-27(44-32(34)35)28(18-23)43-24-11-12-24/h10,13,18-19,24,32H,11-12,14-17,20-22H2,1-9H3. The van der Waals surface area contributed by atoms with Gasteiger partial charge < -0.3 is 28.3 Å². The minimum atomic E-state index is -2.99. The molecule has 1 aromatic carbocycles. The lowest BCUT2D eigenvalue weighted by Crippen LogP contribution is -2.27. The van der Waals surface area contributed by atoms with E-state index in [2.05, 4.69) is 44.4 Å². The molecule has 3 aromatic rings. The van der Waals surface area contributed by atoms with Gasteiger partial charge in [0.15, 0.2) is 11.5 Å². The molecule has 0 spiro atoms. The van der Waals surface area contributed by atoms with Crippen LogP contribution in [0.4, 0.5) is 8.78 Å². The third-order valence-electron chi connectivity index (χ3n) is 7.50. The van der Waals surface area contributed by atoms with Gasteiger partial charge in [-0.25, -0.2) is 4.68 Å². The predicted molar refractivity (Wildman–Crippen MR) is 182 cm³/mol. The number of fused-ring (bicyclic) bond motifs is 1. The number of alkyl halides is 2. The summed E-state index contributed by atoms with van der Waals surface area (Å²) in [5, 5.41) is 4.94. The van der Waals surface area contributed by atoms with E-state index in [9.17, 15) is 13.6 Å². The van der Waals surface area contributed by atoms with E-state index in [4.69, 9.17) is 23.7 Å². The first-order chi connectivity index (χ1) is 21.4. The Balaban J connectivity index is 1.86. The molecule has 0 radical (unpaired) electrons. The molecule has 2 aromatic heterocycles. The molecule has 1 aliphatic carbocycles. The molecule has 1 fully saturated rings. The molecular weight excluding hydrogens is 629 g/mol. The number of hydrogen-bond donors (Lipinski definition) is 0. The third kappa shape index (κ3) is 10.5. The largest absolute Gasteiger partial charge is 0.487 e. The molecule has 9 nitrogen and oxygen atoms in total. The molecule has 2 heterocycles. The smallest absolute Gasteiger partial charge is 0.387 e. The minimum Gasteiger partial charge on any atom is -0.487 e. The van der Waals surface area contributed by atoms with Crippen LogP contribution in [0.3, 0.4) is 0 Å². The van der Waals surface area contributed by atoms with Crippen LogP contribution in [-0.4, -0.2) is 62.0 Å². The summed E-state index contributed by atoms with van der Waals surface area (Å²) in [7, 11) is -2.67. The summed E-state index contributed by atoms with van der Waals surface area (Å²) < 4.78 is 59.1. The van der Waals surface area contributed by atoms with Gasteiger partial charge in [0.2, 0.25) is 0 Å². The molecule has 256 valence electrons. The van der Waals surface area contributed by atoms with E-state index >= 15 is 0 Å². The highest BCUT2D eigenvalue weighted by molar-refractivity contribution is 6.76. The summed E-state index contributed by atoms with van der Waals surface area (Å²) in [5.41, 5.74) is 1.78. The number of halogens is 2. The zero-order valence-electron chi connectivity index (χ0n) is 28.9. The molecule has 46 heavy (non-hydrogen) atoms. The lowest BCUT2D eigenvalue weighted by molar-refractivity contribution is -0.0516. The highest BCUT2D eigenvalue weighted by Gasteiger charge is 2.29. The Hall–Kier alpha value is -2.59. The highest BCUT2D eigenvalue weighted by Crippen LogP contribution is 2.41. The number of benzene rings is 1. The van der Waals surface area contributed by atoms with Gasteiger partial charge >= 0.3 is 6.61 Å². The van der Waals surface area contributed by atoms with Crippen molar-refractivity contribution in [3.8, 4) is 22.8 Å². The van der Waals surface area contributed by atoms with Crippen molar-refractivity contribution in [1.82, 2.24) is 14.3 Å². The highest BCUT2D eigenvalue weighted by atomic mass is 28.3. The van der Waals surface area contributed by atoms with Crippen molar-refractivity contribution in [3.05, 3.63) is 40.3 Å². The van der Waals surface area contributed by atoms with Gasteiger partial charge in [0.25, 0.3) is 5.56 Å². The van der Waals surface area contributed by atoms with E-state index < -0.39 is 28.4 Å². The maximum Gasteiger partial charge on any atom is 0.387 e. The maximum absolute atomic E-state index is 14.1. The second-order valence-corrected chi connectivity index (χ2v) is 26.7. The van der Waals surface area contributed by atoms with Crippen LogP contribution in [-0.2, 0) is 34.3 Å². The summed E-state index contributed by atoms with van der Waals surface area (Å²) in [6.45, 7) is 18.0. The van der Waals surface area contributed by atoms with Gasteiger partial charge in [0.1, 0.15) is 13.5 Å². The van der Waals surface area contributed by atoms with E-state index in [0.29, 0.717) is 40.9 Å². The molecule has 0 bridgehead atoms. The Morgan fingerprint density at radius 1 is 0.957 bits per heavy atom. The van der Waals surface area contributed by atoms with E-state index in [1.807, 2.05) is 25.3 Å². The number of aromatic nitrogens is 3. The monoisotopic (exact) mass is 679 g/mol. The molecule has 0 N–H and O–H groups in total. The van der Waals surface area contributed by atoms with Crippen LogP contribution in [0.25, 0.3) is 22.2 Å². The van der Waals surface area contributed by atoms with Crippen molar-refractivity contribution < 1.29 is 32.5 Å². The van der Waals surface area contributed by atoms with Gasteiger partial charge in [-0.3, -0.25) is 4.79 Å². The number of hydrogen-bond acceptors (Lipinski definition) is 7. The van der Waals surface area contributed by atoms with Crippen LogP contribution < -0.4 is 15.0 Å². The van der Waals surface area contributed by atoms with E-state index in [1.165, 1.54) is 10.7 Å². The van der Waals surface area contributed by atoms with Gasteiger partial charge in [-0.15, -0.1) is 0 Å². The van der Waals surface area contributed by atoms with Crippen LogP contribution in [0.1, 0.15) is 39.2 Å². The Bertz CT molecular complexity index is 1540. The lowest BCUT2D eigenvalue weighted by atomic mass is 10.1. The van der Waals surface area contributed by atoms with Crippen LogP contribution >= 0.6 is 0 Å². The fourth-order valence-corrected chi connectivity index (χ4v) is 6.24. The molecule has 0 saturated heterocycles. The summed E-state index contributed by atoms with van der Waals surface area (Å²) in [4.78, 5) is 14.1. The zero-order valence-corrected chi connectivity index (χ0v) is 30.9. The molecule has 0 atom stereocenters. The van der Waals surface area contributed by atoms with E-state index in [0.717, 1.165) is 24.9 Å². The second-order valence-electron chi connectivity index (χ2n) is 15.4. The summed E-state index contributed by atoms with van der Waals surface area (Å²) in [6.07, 6.45) is 3.31. The van der Waals surface area contributed by atoms with Crippen LogP contribution in [0, 0.1) is 0 Å². The molecule has 1 aliphatic rings. The topological polar surface area (TPSA) is 86.0 Å². The second kappa shape index (κ2) is 14.7. The molecule has 4 rings (SSSR count). The number of ether oxygens (including phenoxy) is 5. The lowest BCUT2D eigenvalue weighted by Gasteiger charge is -2.21. The first-order valence-electron chi connectivity index (χ1n) is 16.1. The Kier molecular flexibility index (Phi) is 11.6. The predicted octanol–water partition coefficient (Wildman–Crippen LogP) is 7.95. The summed E-state index contributed by atoms with van der Waals surface area (Å²) >= 11 is 0. The van der Waals surface area contributed by atoms with Crippen molar-refractivity contribution in [3.63, 3.8) is 0 Å². The summed E-state index contributed by atoms with van der Waals surface area (Å²) in [6, 6.07) is 6.84. The van der Waals surface area contributed by atoms with Crippen LogP contribution in [0.5, 0.6) is 11.5 Å². The third-order valence-corrected chi connectivity index (χ3v) is 10.9. The Labute approximate surface area is 273 Å². The van der Waals surface area contributed by atoms with Crippen molar-refractivity contribution in [2.24, 2.45) is 0 Å². The minimum absolute atomic E-state index is 0.0328. The van der Waals surface area contributed by atoms with Gasteiger partial charge in [0, 0.05) is 40.5 Å². The quantitative estimate of drug-likeness (QED) is 0.106. The van der Waals surface area contributed by atoms with Crippen molar-refractivity contribution in [2.45, 2.75) is 123 Å². The normalized spacial score (nSPS) is 14.4. The zero-order chi connectivity index (χ0) is 33.9. The summed E-state index contributed by atoms with van der Waals surface area (Å²) in [5.74, 6) is 0.192.